The molecule has 1 fully saturated rings. The quantitative estimate of drug-likeness (QED) is 0.513. The van der Waals surface area contributed by atoms with Crippen molar-refractivity contribution in [1.29, 1.82) is 0 Å². The number of amides is 2. The highest BCUT2D eigenvalue weighted by Gasteiger charge is 2.29. The van der Waals surface area contributed by atoms with Crippen LogP contribution in [-0.2, 0) is 14.3 Å². The van der Waals surface area contributed by atoms with Crippen molar-refractivity contribution in [2.24, 2.45) is 11.8 Å². The van der Waals surface area contributed by atoms with Crippen molar-refractivity contribution in [2.45, 2.75) is 31.6 Å². The van der Waals surface area contributed by atoms with E-state index < -0.39 is 12.1 Å². The van der Waals surface area contributed by atoms with Crippen LogP contribution in [0, 0.1) is 11.8 Å². The Kier molecular flexibility index (Phi) is 7.62. The molecule has 4 rings (SSSR count). The minimum Gasteiger partial charge on any atom is -0.478 e. The number of hydrogen-bond acceptors (Lipinski definition) is 4. The van der Waals surface area contributed by atoms with E-state index in [1.807, 2.05) is 24.3 Å². The summed E-state index contributed by atoms with van der Waals surface area (Å²) in [5.41, 5.74) is 4.77. The number of benzene rings is 2. The van der Waals surface area contributed by atoms with Crippen LogP contribution in [0.5, 0.6) is 0 Å². The number of alkyl carbamates (subject to hydrolysis) is 1. The van der Waals surface area contributed by atoms with E-state index >= 15 is 0 Å². The molecule has 0 radical (unpaired) electrons. The fourth-order valence-electron chi connectivity index (χ4n) is 4.97. The van der Waals surface area contributed by atoms with Gasteiger partial charge in [0.15, 0.2) is 0 Å². The summed E-state index contributed by atoms with van der Waals surface area (Å²) in [5, 5.41) is 14.2. The molecule has 2 aromatic rings. The van der Waals surface area contributed by atoms with Gasteiger partial charge in [-0.2, -0.15) is 0 Å². The van der Waals surface area contributed by atoms with E-state index in [-0.39, 0.29) is 24.3 Å². The lowest BCUT2D eigenvalue weighted by molar-refractivity contribution is -0.131. The van der Waals surface area contributed by atoms with E-state index in [4.69, 9.17) is 9.84 Å². The second-order valence-corrected chi connectivity index (χ2v) is 8.91. The van der Waals surface area contributed by atoms with Gasteiger partial charge in [-0.25, -0.2) is 9.59 Å². The molecule has 7 nitrogen and oxygen atoms in total. The second-order valence-electron chi connectivity index (χ2n) is 8.91. The average Bonchev–Trinajstić information content (AvgIpc) is 3.18. The van der Waals surface area contributed by atoms with Crippen molar-refractivity contribution in [2.75, 3.05) is 19.7 Å². The van der Waals surface area contributed by atoms with Crippen molar-refractivity contribution in [1.82, 2.24) is 10.6 Å². The predicted octanol–water partition coefficient (Wildman–Crippen LogP) is 4.09. The van der Waals surface area contributed by atoms with Crippen LogP contribution in [0.3, 0.4) is 0 Å². The second kappa shape index (κ2) is 11.0. The van der Waals surface area contributed by atoms with Crippen LogP contribution in [-0.4, -0.2) is 42.8 Å². The van der Waals surface area contributed by atoms with Crippen molar-refractivity contribution < 1.29 is 24.2 Å². The zero-order valence-electron chi connectivity index (χ0n) is 19.0. The Hall–Kier alpha value is -3.61. The summed E-state index contributed by atoms with van der Waals surface area (Å²) in [7, 11) is 0. The Morgan fingerprint density at radius 3 is 2.15 bits per heavy atom. The van der Waals surface area contributed by atoms with Crippen molar-refractivity contribution in [3.8, 4) is 11.1 Å². The number of aliphatic carboxylic acids is 1. The summed E-state index contributed by atoms with van der Waals surface area (Å²) in [6.45, 7) is 1.05. The van der Waals surface area contributed by atoms with Crippen LogP contribution < -0.4 is 10.6 Å². The van der Waals surface area contributed by atoms with Crippen molar-refractivity contribution >= 4 is 18.0 Å². The summed E-state index contributed by atoms with van der Waals surface area (Å²) >= 11 is 0. The smallest absolute Gasteiger partial charge is 0.407 e. The molecule has 0 heterocycles. The molecule has 0 aliphatic heterocycles. The monoisotopic (exact) mass is 462 g/mol. The predicted molar refractivity (Wildman–Crippen MR) is 128 cm³/mol. The molecule has 2 aromatic carbocycles. The number of hydrogen-bond donors (Lipinski definition) is 3. The molecule has 0 atom stereocenters. The summed E-state index contributed by atoms with van der Waals surface area (Å²) in [4.78, 5) is 35.1. The maximum absolute atomic E-state index is 12.4. The molecular weight excluding hydrogens is 432 g/mol. The Balaban J connectivity index is 1.19. The first kappa shape index (κ1) is 23.5. The SMILES string of the molecule is O=C(O)/C=C/CNC(=O)C1CCC(CNC(=O)OCC2c3ccccc3-c3ccccc32)CC1. The number of fused-ring (bicyclic) bond motifs is 3. The maximum atomic E-state index is 12.4. The highest BCUT2D eigenvalue weighted by Crippen LogP contribution is 2.44. The Bertz CT molecular complexity index is 1030. The van der Waals surface area contributed by atoms with Gasteiger partial charge in [-0.05, 0) is 53.9 Å². The van der Waals surface area contributed by atoms with Crippen LogP contribution >= 0.6 is 0 Å². The lowest BCUT2D eigenvalue weighted by Crippen LogP contribution is -2.36. The van der Waals surface area contributed by atoms with Gasteiger partial charge in [-0.1, -0.05) is 54.6 Å². The van der Waals surface area contributed by atoms with Gasteiger partial charge in [0.25, 0.3) is 0 Å². The molecule has 7 heteroatoms. The summed E-state index contributed by atoms with van der Waals surface area (Å²) in [6, 6.07) is 16.5. The third-order valence-electron chi connectivity index (χ3n) is 6.75. The van der Waals surface area contributed by atoms with Crippen LogP contribution in [0.15, 0.2) is 60.7 Å². The minimum absolute atomic E-state index is 0.0393. The Labute approximate surface area is 199 Å². The van der Waals surface area contributed by atoms with Crippen molar-refractivity contribution in [3.63, 3.8) is 0 Å². The molecule has 3 N–H and O–H groups in total. The first-order chi connectivity index (χ1) is 16.5. The molecule has 0 spiro atoms. The number of ether oxygens (including phenoxy) is 1. The molecule has 1 saturated carbocycles. The van der Waals surface area contributed by atoms with Gasteiger partial charge < -0.3 is 20.5 Å². The first-order valence-electron chi connectivity index (χ1n) is 11.8. The molecule has 2 aliphatic rings. The van der Waals surface area contributed by atoms with Crippen LogP contribution in [0.4, 0.5) is 4.79 Å². The molecule has 178 valence electrons. The lowest BCUT2D eigenvalue weighted by atomic mass is 9.81. The van der Waals surface area contributed by atoms with Gasteiger partial charge in [0.05, 0.1) is 0 Å². The van der Waals surface area contributed by atoms with Crippen LogP contribution in [0.1, 0.15) is 42.7 Å². The number of carbonyl (C=O) groups is 3. The van der Waals surface area contributed by atoms with E-state index in [1.165, 1.54) is 28.3 Å². The highest BCUT2D eigenvalue weighted by molar-refractivity contribution is 5.81. The zero-order chi connectivity index (χ0) is 23.9. The molecule has 0 saturated heterocycles. The number of carboxylic acid groups (broad SMARTS) is 1. The van der Waals surface area contributed by atoms with Crippen LogP contribution in [0.25, 0.3) is 11.1 Å². The van der Waals surface area contributed by atoms with E-state index in [0.717, 1.165) is 31.8 Å². The summed E-state index contributed by atoms with van der Waals surface area (Å²) in [6.07, 6.45) is 5.25. The topological polar surface area (TPSA) is 105 Å². The van der Waals surface area contributed by atoms with Gasteiger partial charge in [0.2, 0.25) is 5.91 Å². The first-order valence-corrected chi connectivity index (χ1v) is 11.8. The third-order valence-corrected chi connectivity index (χ3v) is 6.75. The number of carboxylic acids is 1. The molecule has 2 amide bonds. The average molecular weight is 463 g/mol. The summed E-state index contributed by atoms with van der Waals surface area (Å²) < 4.78 is 5.60. The number of nitrogens with one attached hydrogen (secondary N) is 2. The molecular formula is C27H30N2O5. The van der Waals surface area contributed by atoms with Crippen LogP contribution in [0.2, 0.25) is 0 Å². The third kappa shape index (κ3) is 5.65. The summed E-state index contributed by atoms with van der Waals surface area (Å²) in [5.74, 6) is -0.783. The van der Waals surface area contributed by atoms with E-state index in [2.05, 4.69) is 34.9 Å². The van der Waals surface area contributed by atoms with Gasteiger partial charge >= 0.3 is 12.1 Å². The Morgan fingerprint density at radius 2 is 1.53 bits per heavy atom. The van der Waals surface area contributed by atoms with Gasteiger partial charge in [-0.15, -0.1) is 0 Å². The van der Waals surface area contributed by atoms with Gasteiger partial charge in [-0.3, -0.25) is 4.79 Å². The lowest BCUT2D eigenvalue weighted by Gasteiger charge is -2.27. The van der Waals surface area contributed by atoms with E-state index in [0.29, 0.717) is 19.1 Å². The molecule has 34 heavy (non-hydrogen) atoms. The minimum atomic E-state index is -1.03. The fourth-order valence-corrected chi connectivity index (χ4v) is 4.97. The normalized spacial score (nSPS) is 19.3. The van der Waals surface area contributed by atoms with Crippen molar-refractivity contribution in [3.05, 3.63) is 71.8 Å². The number of rotatable bonds is 8. The standard InChI is InChI=1S/C27H30N2O5/c30-25(31)10-5-15-28-26(32)19-13-11-18(12-14-19)16-29-27(33)34-17-24-22-8-3-1-6-20(22)21-7-2-4-9-23(21)24/h1-10,18-19,24H,11-17H2,(H,28,32)(H,29,33)(H,30,31)/b10-5+. The fraction of sp³-hybridized carbons (Fsp3) is 0.370. The van der Waals surface area contributed by atoms with Gasteiger partial charge in [0, 0.05) is 31.0 Å². The molecule has 2 aliphatic carbocycles. The highest BCUT2D eigenvalue weighted by atomic mass is 16.5. The van der Waals surface area contributed by atoms with Gasteiger partial charge in [0.1, 0.15) is 6.61 Å². The molecule has 0 bridgehead atoms. The molecule has 0 unspecified atom stereocenters. The Morgan fingerprint density at radius 1 is 0.912 bits per heavy atom. The molecule has 0 aromatic heterocycles. The van der Waals surface area contributed by atoms with E-state index in [9.17, 15) is 14.4 Å². The number of carbonyl (C=O) groups excluding carboxylic acids is 2. The largest absolute Gasteiger partial charge is 0.478 e. The van der Waals surface area contributed by atoms with E-state index in [1.54, 1.807) is 0 Å². The maximum Gasteiger partial charge on any atom is 0.407 e. The zero-order valence-corrected chi connectivity index (χ0v) is 19.0.